The Bertz CT molecular complexity index is 1020. The van der Waals surface area contributed by atoms with Crippen molar-refractivity contribution in [2.45, 2.75) is 24.7 Å². The average molecular weight is 467 g/mol. The minimum atomic E-state index is -4.53. The van der Waals surface area contributed by atoms with Gasteiger partial charge in [0.2, 0.25) is 6.79 Å². The molecule has 0 bridgehead atoms. The number of hydrogen-bond acceptors (Lipinski definition) is 7. The third kappa shape index (κ3) is 4.58. The lowest BCUT2D eigenvalue weighted by atomic mass is 9.96. The maximum Gasteiger partial charge on any atom is 0.410 e. The Hall–Kier alpha value is -2.99. The van der Waals surface area contributed by atoms with Gasteiger partial charge >= 0.3 is 6.18 Å². The topological polar surface area (TPSA) is 89.9 Å². The summed E-state index contributed by atoms with van der Waals surface area (Å²) in [4.78, 5) is 14.7. The van der Waals surface area contributed by atoms with Gasteiger partial charge in [0, 0.05) is 38.7 Å². The largest absolute Gasteiger partial charge is 0.454 e. The van der Waals surface area contributed by atoms with Crippen LogP contribution in [0.25, 0.3) is 0 Å². The number of amides is 1. The summed E-state index contributed by atoms with van der Waals surface area (Å²) in [5.41, 5.74) is 0.581. The fraction of sp³-hybridized carbons (Fsp3) is 0.524. The normalized spacial score (nSPS) is 22.5. The van der Waals surface area contributed by atoms with Crippen LogP contribution < -0.4 is 20.1 Å². The Balaban J connectivity index is 1.31. The van der Waals surface area contributed by atoms with Crippen LogP contribution in [-0.4, -0.2) is 72.9 Å². The molecule has 9 nitrogen and oxygen atoms in total. The fourth-order valence-electron chi connectivity index (χ4n) is 4.28. The van der Waals surface area contributed by atoms with Crippen molar-refractivity contribution in [3.8, 4) is 11.5 Å². The summed E-state index contributed by atoms with van der Waals surface area (Å²) in [6, 6.07) is 3.94. The van der Waals surface area contributed by atoms with E-state index in [4.69, 9.17) is 14.2 Å². The highest BCUT2D eigenvalue weighted by Crippen LogP contribution is 2.45. The molecule has 5 rings (SSSR count). The van der Waals surface area contributed by atoms with Gasteiger partial charge in [-0.3, -0.25) is 9.69 Å². The number of halogens is 3. The lowest BCUT2D eigenvalue weighted by molar-refractivity contribution is -0.173. The summed E-state index contributed by atoms with van der Waals surface area (Å²) in [7, 11) is 0. The van der Waals surface area contributed by atoms with E-state index in [1.807, 2.05) is 0 Å². The van der Waals surface area contributed by atoms with Crippen molar-refractivity contribution in [2.24, 2.45) is 0 Å². The second-order valence-corrected chi connectivity index (χ2v) is 8.17. The van der Waals surface area contributed by atoms with Crippen LogP contribution in [0.4, 0.5) is 19.0 Å². The van der Waals surface area contributed by atoms with Gasteiger partial charge < -0.3 is 24.8 Å². The quantitative estimate of drug-likeness (QED) is 0.698. The van der Waals surface area contributed by atoms with E-state index < -0.39 is 24.2 Å². The Morgan fingerprint density at radius 2 is 1.97 bits per heavy atom. The van der Waals surface area contributed by atoms with Crippen LogP contribution in [0.5, 0.6) is 11.5 Å². The molecule has 0 spiro atoms. The van der Waals surface area contributed by atoms with E-state index in [1.54, 1.807) is 18.2 Å². The molecule has 0 radical (unpaired) electrons. The predicted octanol–water partition coefficient (Wildman–Crippen LogP) is 2.33. The summed E-state index contributed by atoms with van der Waals surface area (Å²) in [5.74, 6) is 0.692. The van der Waals surface area contributed by atoms with Crippen molar-refractivity contribution in [1.29, 1.82) is 0 Å². The number of nitrogens with zero attached hydrogens (tertiary/aromatic N) is 3. The molecule has 1 aromatic heterocycles. The number of carbonyl (C=O) groups is 1. The van der Waals surface area contributed by atoms with E-state index in [9.17, 15) is 18.0 Å². The first-order valence-corrected chi connectivity index (χ1v) is 10.8. The van der Waals surface area contributed by atoms with Crippen LogP contribution in [-0.2, 0) is 4.74 Å². The fourth-order valence-corrected chi connectivity index (χ4v) is 4.28. The van der Waals surface area contributed by atoms with Crippen molar-refractivity contribution in [3.63, 3.8) is 0 Å². The van der Waals surface area contributed by atoms with Gasteiger partial charge in [0.1, 0.15) is 5.82 Å². The number of rotatable bonds is 5. The molecule has 3 aliphatic heterocycles. The van der Waals surface area contributed by atoms with E-state index in [0.29, 0.717) is 43.4 Å². The van der Waals surface area contributed by atoms with Gasteiger partial charge in [-0.2, -0.15) is 18.3 Å². The van der Waals surface area contributed by atoms with E-state index in [2.05, 4.69) is 20.6 Å². The van der Waals surface area contributed by atoms with Crippen molar-refractivity contribution in [1.82, 2.24) is 20.0 Å². The zero-order valence-corrected chi connectivity index (χ0v) is 17.7. The first kappa shape index (κ1) is 21.8. The molecule has 3 aliphatic rings. The van der Waals surface area contributed by atoms with Gasteiger partial charge in [0.25, 0.3) is 5.91 Å². The Morgan fingerprint density at radius 3 is 2.76 bits per heavy atom. The molecule has 0 aliphatic carbocycles. The SMILES string of the molecule is O=C(NCCN1CCOCC1)c1cc2n(n1)C(C(F)(F)F)CC(c1ccc3c(c1)OCO3)N2. The van der Waals surface area contributed by atoms with Gasteiger partial charge in [-0.15, -0.1) is 0 Å². The minimum Gasteiger partial charge on any atom is -0.454 e. The third-order valence-corrected chi connectivity index (χ3v) is 6.04. The van der Waals surface area contributed by atoms with Crippen molar-refractivity contribution < 1.29 is 32.2 Å². The van der Waals surface area contributed by atoms with Crippen molar-refractivity contribution in [3.05, 3.63) is 35.5 Å². The number of anilines is 1. The second-order valence-electron chi connectivity index (χ2n) is 8.17. The summed E-state index contributed by atoms with van der Waals surface area (Å²) in [5, 5.41) is 9.83. The number of carbonyl (C=O) groups excluding carboxylic acids is 1. The monoisotopic (exact) mass is 467 g/mol. The number of morpholine rings is 1. The van der Waals surface area contributed by atoms with Crippen LogP contribution in [0.15, 0.2) is 24.3 Å². The van der Waals surface area contributed by atoms with E-state index in [1.165, 1.54) is 6.07 Å². The maximum absolute atomic E-state index is 13.9. The van der Waals surface area contributed by atoms with Crippen LogP contribution in [0.1, 0.15) is 34.6 Å². The molecule has 1 amide bonds. The van der Waals surface area contributed by atoms with Crippen LogP contribution in [0.2, 0.25) is 0 Å². The van der Waals surface area contributed by atoms with Gasteiger partial charge in [-0.1, -0.05) is 6.07 Å². The van der Waals surface area contributed by atoms with Gasteiger partial charge in [0.05, 0.1) is 19.3 Å². The summed E-state index contributed by atoms with van der Waals surface area (Å²) in [6.07, 6.45) is -4.79. The lowest BCUT2D eigenvalue weighted by Gasteiger charge is -2.33. The van der Waals surface area contributed by atoms with Gasteiger partial charge in [-0.25, -0.2) is 4.68 Å². The summed E-state index contributed by atoms with van der Waals surface area (Å²) in [6.45, 7) is 3.96. The highest BCUT2D eigenvalue weighted by atomic mass is 19.4. The molecule has 4 heterocycles. The molecule has 1 saturated heterocycles. The van der Waals surface area contributed by atoms with E-state index in [-0.39, 0.29) is 24.7 Å². The lowest BCUT2D eigenvalue weighted by Crippen LogP contribution is -2.41. The Kier molecular flexibility index (Phi) is 5.79. The molecule has 178 valence electrons. The molecule has 12 heteroatoms. The summed E-state index contributed by atoms with van der Waals surface area (Å²) < 4.78 is 58.5. The molecule has 1 fully saturated rings. The smallest absolute Gasteiger partial charge is 0.410 e. The highest BCUT2D eigenvalue weighted by molar-refractivity contribution is 5.93. The number of hydrogen-bond donors (Lipinski definition) is 2. The number of aromatic nitrogens is 2. The molecule has 1 aromatic carbocycles. The maximum atomic E-state index is 13.9. The second kappa shape index (κ2) is 8.75. The first-order valence-electron chi connectivity index (χ1n) is 10.8. The number of nitrogens with one attached hydrogen (secondary N) is 2. The Morgan fingerprint density at radius 1 is 1.18 bits per heavy atom. The number of fused-ring (bicyclic) bond motifs is 2. The molecule has 2 unspecified atom stereocenters. The predicted molar refractivity (Wildman–Crippen MR) is 110 cm³/mol. The molecular weight excluding hydrogens is 443 g/mol. The molecule has 2 N–H and O–H groups in total. The van der Waals surface area contributed by atoms with Crippen LogP contribution in [0, 0.1) is 0 Å². The van der Waals surface area contributed by atoms with Crippen LogP contribution in [0.3, 0.4) is 0 Å². The Labute approximate surface area is 187 Å². The first-order chi connectivity index (χ1) is 15.9. The third-order valence-electron chi connectivity index (χ3n) is 6.04. The van der Waals surface area contributed by atoms with E-state index in [0.717, 1.165) is 17.8 Å². The average Bonchev–Trinajstić information content (AvgIpc) is 3.44. The zero-order valence-electron chi connectivity index (χ0n) is 17.7. The van der Waals surface area contributed by atoms with Crippen molar-refractivity contribution >= 4 is 11.7 Å². The highest BCUT2D eigenvalue weighted by Gasteiger charge is 2.47. The molecule has 33 heavy (non-hydrogen) atoms. The molecule has 2 aromatic rings. The number of alkyl halides is 3. The van der Waals surface area contributed by atoms with E-state index >= 15 is 0 Å². The summed E-state index contributed by atoms with van der Waals surface area (Å²) >= 11 is 0. The molecule has 0 saturated carbocycles. The minimum absolute atomic E-state index is 0.0555. The van der Waals surface area contributed by atoms with Crippen molar-refractivity contribution in [2.75, 3.05) is 51.5 Å². The zero-order chi connectivity index (χ0) is 23.0. The molecular formula is C21H24F3N5O4. The standard InChI is InChI=1S/C21H24F3N5O4/c22-21(23,24)18-10-14(13-1-2-16-17(9-13)33-12-32-16)26-19-11-15(27-29(18)19)20(30)25-3-4-28-5-7-31-8-6-28/h1-2,9,11,14,18,26H,3-8,10,12H2,(H,25,30). The van der Waals surface area contributed by atoms with Crippen LogP contribution >= 0.6 is 0 Å². The number of ether oxygens (including phenoxy) is 3. The van der Waals surface area contributed by atoms with Gasteiger partial charge in [-0.05, 0) is 17.7 Å². The van der Waals surface area contributed by atoms with Gasteiger partial charge in [0.15, 0.2) is 23.2 Å². The number of benzene rings is 1. The molecule has 2 atom stereocenters.